The highest BCUT2D eigenvalue weighted by atomic mass is 79.9. The van der Waals surface area contributed by atoms with Crippen molar-refractivity contribution in [3.05, 3.63) is 33.3 Å². The van der Waals surface area contributed by atoms with Crippen molar-refractivity contribution in [2.45, 2.75) is 13.1 Å². The lowest BCUT2D eigenvalue weighted by atomic mass is 10.1. The molecule has 1 unspecified atom stereocenters. The molecule has 0 amide bonds. The van der Waals surface area contributed by atoms with Crippen LogP contribution in [0.3, 0.4) is 0 Å². The zero-order valence-corrected chi connectivity index (χ0v) is 10.3. The average Bonchev–Trinajstić information content (AvgIpc) is 2.21. The molecule has 0 heterocycles. The Balaban J connectivity index is 2.86. The molecule has 1 atom stereocenters. The first kappa shape index (κ1) is 12.5. The third kappa shape index (κ3) is 3.18. The van der Waals surface area contributed by atoms with Crippen LogP contribution in [0.2, 0.25) is 5.02 Å². The predicted octanol–water partition coefficient (Wildman–Crippen LogP) is 3.68. The molecule has 0 bridgehead atoms. The second-order valence-electron chi connectivity index (χ2n) is 2.79. The van der Waals surface area contributed by atoms with E-state index in [9.17, 15) is 9.18 Å². The summed E-state index contributed by atoms with van der Waals surface area (Å²) in [5.74, 6) is -0.893. The van der Waals surface area contributed by atoms with Crippen LogP contribution in [-0.2, 0) is 9.53 Å². The number of ether oxygens (including phenoxy) is 1. The normalized spacial score (nSPS) is 12.3. The molecular weight excluding hydrogens is 286 g/mol. The van der Waals surface area contributed by atoms with E-state index in [-0.39, 0.29) is 12.2 Å². The van der Waals surface area contributed by atoms with Gasteiger partial charge in [-0.25, -0.2) is 9.18 Å². The molecule has 0 aliphatic rings. The van der Waals surface area contributed by atoms with Crippen molar-refractivity contribution < 1.29 is 13.9 Å². The van der Waals surface area contributed by atoms with E-state index in [1.54, 1.807) is 13.0 Å². The Morgan fingerprint density at radius 1 is 1.67 bits per heavy atom. The summed E-state index contributed by atoms with van der Waals surface area (Å²) in [5, 5.41) is 0.361. The van der Waals surface area contributed by atoms with Gasteiger partial charge in [0.15, 0.2) is 0 Å². The van der Waals surface area contributed by atoms with E-state index in [0.717, 1.165) is 0 Å². The molecule has 1 aromatic rings. The van der Waals surface area contributed by atoms with E-state index < -0.39 is 12.1 Å². The summed E-state index contributed by atoms with van der Waals surface area (Å²) in [5.41, 5.74) is 0.196. The van der Waals surface area contributed by atoms with Gasteiger partial charge in [-0.3, -0.25) is 0 Å². The molecule has 0 fully saturated rings. The summed E-state index contributed by atoms with van der Waals surface area (Å²) in [4.78, 5) is 11.1. The zero-order chi connectivity index (χ0) is 11.4. The number of hydrogen-bond donors (Lipinski definition) is 0. The molecule has 0 radical (unpaired) electrons. The van der Waals surface area contributed by atoms with E-state index in [2.05, 4.69) is 20.7 Å². The van der Waals surface area contributed by atoms with Gasteiger partial charge < -0.3 is 4.74 Å². The Kier molecular flexibility index (Phi) is 4.54. The summed E-state index contributed by atoms with van der Waals surface area (Å²) in [6.07, 6.45) is -1.78. The van der Waals surface area contributed by atoms with Gasteiger partial charge in [0.1, 0.15) is 0 Å². The molecule has 0 aliphatic carbocycles. The molecule has 1 aromatic carbocycles. The Bertz CT molecular complexity index is 370. The minimum atomic E-state index is -1.78. The van der Waals surface area contributed by atoms with Crippen molar-refractivity contribution >= 4 is 33.5 Å². The van der Waals surface area contributed by atoms with Crippen LogP contribution in [0.5, 0.6) is 0 Å². The smallest absolute Gasteiger partial charge is 0.345 e. The number of hydrogen-bond acceptors (Lipinski definition) is 2. The molecule has 0 N–H and O–H groups in total. The fourth-order valence-corrected chi connectivity index (χ4v) is 1.46. The predicted molar refractivity (Wildman–Crippen MR) is 59.6 cm³/mol. The second kappa shape index (κ2) is 5.47. The van der Waals surface area contributed by atoms with Crippen molar-refractivity contribution in [2.24, 2.45) is 0 Å². The lowest BCUT2D eigenvalue weighted by Gasteiger charge is -2.08. The van der Waals surface area contributed by atoms with Crippen LogP contribution in [0.15, 0.2) is 22.7 Å². The summed E-state index contributed by atoms with van der Waals surface area (Å²) < 4.78 is 18.7. The van der Waals surface area contributed by atoms with Gasteiger partial charge in [0.2, 0.25) is 6.17 Å². The van der Waals surface area contributed by atoms with E-state index in [1.165, 1.54) is 12.1 Å². The highest BCUT2D eigenvalue weighted by Crippen LogP contribution is 2.28. The SMILES string of the molecule is CCOC(=O)C(F)c1ccc(Br)c(Cl)c1. The average molecular weight is 296 g/mol. The van der Waals surface area contributed by atoms with Gasteiger partial charge in [-0.2, -0.15) is 0 Å². The zero-order valence-electron chi connectivity index (χ0n) is 7.97. The molecule has 5 heteroatoms. The third-order valence-corrected chi connectivity index (χ3v) is 2.96. The highest BCUT2D eigenvalue weighted by Gasteiger charge is 2.21. The summed E-state index contributed by atoms with van der Waals surface area (Å²) >= 11 is 8.95. The molecule has 2 nitrogen and oxygen atoms in total. The van der Waals surface area contributed by atoms with Crippen LogP contribution in [0.25, 0.3) is 0 Å². The van der Waals surface area contributed by atoms with Gasteiger partial charge in [-0.05, 0) is 40.5 Å². The first-order valence-corrected chi connectivity index (χ1v) is 5.49. The number of benzene rings is 1. The molecule has 1 rings (SSSR count). The molecular formula is C10H9BrClFO2. The number of carbonyl (C=O) groups is 1. The minimum Gasteiger partial charge on any atom is -0.464 e. The summed E-state index contributed by atoms with van der Waals surface area (Å²) in [6, 6.07) is 4.47. The van der Waals surface area contributed by atoms with Gasteiger partial charge in [0.25, 0.3) is 0 Å². The van der Waals surface area contributed by atoms with E-state index in [1.807, 2.05) is 0 Å². The van der Waals surface area contributed by atoms with E-state index in [0.29, 0.717) is 9.50 Å². The van der Waals surface area contributed by atoms with Crippen LogP contribution < -0.4 is 0 Å². The van der Waals surface area contributed by atoms with Crippen molar-refractivity contribution in [2.75, 3.05) is 6.61 Å². The van der Waals surface area contributed by atoms with Crippen LogP contribution in [0.4, 0.5) is 4.39 Å². The fraction of sp³-hybridized carbons (Fsp3) is 0.300. The number of rotatable bonds is 3. The Morgan fingerprint density at radius 2 is 2.33 bits per heavy atom. The van der Waals surface area contributed by atoms with Crippen molar-refractivity contribution in [1.29, 1.82) is 0 Å². The molecule has 0 aromatic heterocycles. The van der Waals surface area contributed by atoms with Crippen LogP contribution >= 0.6 is 27.5 Å². The first-order valence-electron chi connectivity index (χ1n) is 4.32. The number of halogens is 3. The molecule has 0 spiro atoms. The van der Waals surface area contributed by atoms with Crippen molar-refractivity contribution in [3.8, 4) is 0 Å². The standard InChI is InChI=1S/C10H9BrClFO2/c1-2-15-10(14)9(13)6-3-4-7(11)8(12)5-6/h3-5,9H,2H2,1H3. The number of esters is 1. The van der Waals surface area contributed by atoms with Gasteiger partial charge in [-0.15, -0.1) is 0 Å². The topological polar surface area (TPSA) is 26.3 Å². The maximum Gasteiger partial charge on any atom is 0.345 e. The fourth-order valence-electron chi connectivity index (χ4n) is 1.02. The summed E-state index contributed by atoms with van der Waals surface area (Å²) in [6.45, 7) is 1.78. The van der Waals surface area contributed by atoms with Crippen molar-refractivity contribution in [3.63, 3.8) is 0 Å². The monoisotopic (exact) mass is 294 g/mol. The Labute approximate surface area is 101 Å². The number of alkyl halides is 1. The molecule has 15 heavy (non-hydrogen) atoms. The Hall–Kier alpha value is -0.610. The summed E-state index contributed by atoms with van der Waals surface area (Å²) in [7, 11) is 0. The quantitative estimate of drug-likeness (QED) is 0.795. The Morgan fingerprint density at radius 3 is 2.87 bits per heavy atom. The largest absolute Gasteiger partial charge is 0.464 e. The first-order chi connectivity index (χ1) is 7.06. The van der Waals surface area contributed by atoms with Gasteiger partial charge in [0.05, 0.1) is 11.6 Å². The third-order valence-electron chi connectivity index (χ3n) is 1.73. The van der Waals surface area contributed by atoms with Gasteiger partial charge in [-0.1, -0.05) is 17.7 Å². The molecule has 0 saturated heterocycles. The molecule has 0 saturated carbocycles. The maximum atomic E-state index is 13.5. The van der Waals surface area contributed by atoms with Gasteiger partial charge >= 0.3 is 5.97 Å². The highest BCUT2D eigenvalue weighted by molar-refractivity contribution is 9.10. The lowest BCUT2D eigenvalue weighted by Crippen LogP contribution is -2.11. The molecule has 0 aliphatic heterocycles. The van der Waals surface area contributed by atoms with E-state index in [4.69, 9.17) is 11.6 Å². The molecule has 82 valence electrons. The van der Waals surface area contributed by atoms with E-state index >= 15 is 0 Å². The second-order valence-corrected chi connectivity index (χ2v) is 4.05. The van der Waals surface area contributed by atoms with Crippen LogP contribution in [0, 0.1) is 0 Å². The number of carbonyl (C=O) groups excluding carboxylic acids is 1. The van der Waals surface area contributed by atoms with Crippen molar-refractivity contribution in [1.82, 2.24) is 0 Å². The van der Waals surface area contributed by atoms with Crippen LogP contribution in [0.1, 0.15) is 18.7 Å². The van der Waals surface area contributed by atoms with Gasteiger partial charge in [0, 0.05) is 4.47 Å². The minimum absolute atomic E-state index is 0.156. The lowest BCUT2D eigenvalue weighted by molar-refractivity contribution is -0.149. The maximum absolute atomic E-state index is 13.5. The van der Waals surface area contributed by atoms with Crippen LogP contribution in [-0.4, -0.2) is 12.6 Å².